The molecule has 6 heteroatoms. The molecule has 3 nitrogen and oxygen atoms in total. The number of hydrogen-bond acceptors (Lipinski definition) is 3. The molecule has 1 N–H and O–H groups in total. The number of halogens is 2. The van der Waals surface area contributed by atoms with Gasteiger partial charge in [-0.3, -0.25) is 4.40 Å². The Morgan fingerprint density at radius 1 is 1.38 bits per heavy atom. The van der Waals surface area contributed by atoms with Crippen LogP contribution in [-0.4, -0.2) is 15.9 Å². The molecule has 2 aromatic heterocycles. The van der Waals surface area contributed by atoms with Gasteiger partial charge in [0.15, 0.2) is 4.96 Å². The van der Waals surface area contributed by atoms with Crippen LogP contribution in [0.4, 0.5) is 0 Å². The van der Waals surface area contributed by atoms with E-state index in [0.29, 0.717) is 0 Å². The first kappa shape index (κ1) is 15.2. The second-order valence-electron chi connectivity index (χ2n) is 4.81. The molecule has 2 heterocycles. The Morgan fingerprint density at radius 3 is 3.00 bits per heavy atom. The third-order valence-electron chi connectivity index (χ3n) is 3.34. The third-order valence-corrected chi connectivity index (χ3v) is 5.33. The maximum absolute atomic E-state index is 4.69. The van der Waals surface area contributed by atoms with Crippen LogP contribution < -0.4 is 5.32 Å². The maximum Gasteiger partial charge on any atom is 0.193 e. The van der Waals surface area contributed by atoms with Crippen molar-refractivity contribution in [2.24, 2.45) is 0 Å². The van der Waals surface area contributed by atoms with Crippen LogP contribution in [0.5, 0.6) is 0 Å². The Kier molecular flexibility index (Phi) is 4.78. The zero-order valence-corrected chi connectivity index (χ0v) is 15.5. The summed E-state index contributed by atoms with van der Waals surface area (Å²) in [5.74, 6) is 0. The molecule has 0 amide bonds. The van der Waals surface area contributed by atoms with Crippen molar-refractivity contribution < 1.29 is 0 Å². The van der Waals surface area contributed by atoms with Crippen LogP contribution in [-0.2, 0) is 6.42 Å². The number of nitrogens with zero attached hydrogens (tertiary/aromatic N) is 2. The number of thiazole rings is 1. The number of imidazole rings is 1. The Balaban J connectivity index is 1.90. The molecule has 0 aliphatic heterocycles. The number of fused-ring (bicyclic) bond motifs is 1. The average Bonchev–Trinajstić information content (AvgIpc) is 3.02. The summed E-state index contributed by atoms with van der Waals surface area (Å²) < 4.78 is 4.30. The van der Waals surface area contributed by atoms with Gasteiger partial charge in [0, 0.05) is 39.2 Å². The lowest BCUT2D eigenvalue weighted by atomic mass is 10.0. The minimum atomic E-state index is 0.242. The van der Waals surface area contributed by atoms with Gasteiger partial charge in [0.05, 0.1) is 5.69 Å². The first-order valence-electron chi connectivity index (χ1n) is 6.76. The molecular weight excluding hydrogens is 414 g/mol. The molecule has 0 spiro atoms. The van der Waals surface area contributed by atoms with E-state index in [2.05, 4.69) is 77.2 Å². The number of aromatic nitrogens is 2. The number of hydrogen-bond donors (Lipinski definition) is 1. The topological polar surface area (TPSA) is 29.3 Å². The van der Waals surface area contributed by atoms with Crippen LogP contribution >= 0.6 is 43.2 Å². The second kappa shape index (κ2) is 6.60. The quantitative estimate of drug-likeness (QED) is 0.631. The minimum Gasteiger partial charge on any atom is -0.310 e. The Labute approximate surface area is 144 Å². The highest BCUT2D eigenvalue weighted by molar-refractivity contribution is 9.11. The molecule has 0 bridgehead atoms. The molecule has 0 aliphatic carbocycles. The monoisotopic (exact) mass is 427 g/mol. The van der Waals surface area contributed by atoms with Gasteiger partial charge < -0.3 is 5.32 Å². The molecule has 110 valence electrons. The molecule has 1 aromatic carbocycles. The van der Waals surface area contributed by atoms with Crippen molar-refractivity contribution in [1.82, 2.24) is 14.7 Å². The number of likely N-dealkylation sites (N-methyl/N-ethyl adjacent to an activating group) is 1. The van der Waals surface area contributed by atoms with Gasteiger partial charge in [-0.25, -0.2) is 4.98 Å². The smallest absolute Gasteiger partial charge is 0.193 e. The van der Waals surface area contributed by atoms with Crippen molar-refractivity contribution in [3.8, 4) is 0 Å². The van der Waals surface area contributed by atoms with Crippen LogP contribution in [0.3, 0.4) is 0 Å². The lowest BCUT2D eigenvalue weighted by Crippen LogP contribution is -2.23. The normalized spacial score (nSPS) is 12.9. The standard InChI is InChI=1S/C15H15Br2N3S/c1-2-18-14(12-7-10(16)3-4-13(12)17)8-11-9-20-5-6-21-15(20)19-11/h3-7,9,14,18H,2,8H2,1H3. The highest BCUT2D eigenvalue weighted by atomic mass is 79.9. The molecular formula is C15H15Br2N3S. The number of rotatable bonds is 5. The third kappa shape index (κ3) is 3.39. The fourth-order valence-corrected chi connectivity index (χ4v) is 4.02. The van der Waals surface area contributed by atoms with Crippen molar-refractivity contribution in [2.45, 2.75) is 19.4 Å². The van der Waals surface area contributed by atoms with E-state index in [1.165, 1.54) is 5.56 Å². The van der Waals surface area contributed by atoms with Crippen molar-refractivity contribution in [3.63, 3.8) is 0 Å². The van der Waals surface area contributed by atoms with Crippen molar-refractivity contribution in [2.75, 3.05) is 6.54 Å². The van der Waals surface area contributed by atoms with Crippen molar-refractivity contribution >= 4 is 48.2 Å². The van der Waals surface area contributed by atoms with Gasteiger partial charge in [0.25, 0.3) is 0 Å². The molecule has 21 heavy (non-hydrogen) atoms. The molecule has 0 saturated heterocycles. The van der Waals surface area contributed by atoms with E-state index in [1.807, 2.05) is 12.3 Å². The van der Waals surface area contributed by atoms with Crippen molar-refractivity contribution in [1.29, 1.82) is 0 Å². The van der Waals surface area contributed by atoms with E-state index in [9.17, 15) is 0 Å². The molecule has 0 saturated carbocycles. The molecule has 1 atom stereocenters. The predicted octanol–water partition coefficient (Wildman–Crippen LogP) is 4.81. The summed E-state index contributed by atoms with van der Waals surface area (Å²) in [5.41, 5.74) is 2.36. The summed E-state index contributed by atoms with van der Waals surface area (Å²) in [4.78, 5) is 5.74. The van der Waals surface area contributed by atoms with Gasteiger partial charge in [-0.2, -0.15) is 0 Å². The summed E-state index contributed by atoms with van der Waals surface area (Å²) in [6.45, 7) is 3.05. The van der Waals surface area contributed by atoms with E-state index in [1.54, 1.807) is 11.3 Å². The predicted molar refractivity (Wildman–Crippen MR) is 95.0 cm³/mol. The summed E-state index contributed by atoms with van der Waals surface area (Å²) in [7, 11) is 0. The van der Waals surface area contributed by atoms with Crippen molar-refractivity contribution in [3.05, 3.63) is 56.2 Å². The average molecular weight is 429 g/mol. The number of nitrogens with one attached hydrogen (secondary N) is 1. The zero-order chi connectivity index (χ0) is 14.8. The van der Waals surface area contributed by atoms with E-state index in [0.717, 1.165) is 32.6 Å². The van der Waals surface area contributed by atoms with Gasteiger partial charge in [-0.05, 0) is 30.3 Å². The van der Waals surface area contributed by atoms with Gasteiger partial charge in [-0.15, -0.1) is 11.3 Å². The van der Waals surface area contributed by atoms with Gasteiger partial charge in [0.2, 0.25) is 0 Å². The molecule has 0 fully saturated rings. The summed E-state index contributed by atoms with van der Waals surface area (Å²) in [6, 6.07) is 6.53. The Hall–Kier alpha value is -0.690. The van der Waals surface area contributed by atoms with Crippen LogP contribution in [0.25, 0.3) is 4.96 Å². The Morgan fingerprint density at radius 2 is 2.24 bits per heavy atom. The fourth-order valence-electron chi connectivity index (χ4n) is 2.40. The van der Waals surface area contributed by atoms with Crippen LogP contribution in [0.2, 0.25) is 0 Å². The van der Waals surface area contributed by atoms with Crippen LogP contribution in [0, 0.1) is 0 Å². The van der Waals surface area contributed by atoms with Gasteiger partial charge >= 0.3 is 0 Å². The zero-order valence-electron chi connectivity index (χ0n) is 11.5. The van der Waals surface area contributed by atoms with Gasteiger partial charge in [0.1, 0.15) is 0 Å². The molecule has 0 radical (unpaired) electrons. The summed E-state index contributed by atoms with van der Waals surface area (Å²) >= 11 is 8.88. The van der Waals surface area contributed by atoms with Gasteiger partial charge in [-0.1, -0.05) is 38.8 Å². The van der Waals surface area contributed by atoms with Crippen LogP contribution in [0.1, 0.15) is 24.2 Å². The van der Waals surface area contributed by atoms with E-state index >= 15 is 0 Å². The summed E-state index contributed by atoms with van der Waals surface area (Å²) in [6.07, 6.45) is 5.03. The highest BCUT2D eigenvalue weighted by Gasteiger charge is 2.16. The largest absolute Gasteiger partial charge is 0.310 e. The lowest BCUT2D eigenvalue weighted by molar-refractivity contribution is 0.543. The first-order valence-corrected chi connectivity index (χ1v) is 9.23. The number of benzene rings is 1. The molecule has 3 rings (SSSR count). The second-order valence-corrected chi connectivity index (χ2v) is 7.45. The van der Waals surface area contributed by atoms with E-state index in [-0.39, 0.29) is 6.04 Å². The SMILES string of the molecule is CCNC(Cc1cn2ccsc2n1)c1cc(Br)ccc1Br. The Bertz CT molecular complexity index is 722. The molecule has 1 unspecified atom stereocenters. The minimum absolute atomic E-state index is 0.242. The lowest BCUT2D eigenvalue weighted by Gasteiger charge is -2.19. The molecule has 3 aromatic rings. The molecule has 0 aliphatic rings. The fraction of sp³-hybridized carbons (Fsp3) is 0.267. The highest BCUT2D eigenvalue weighted by Crippen LogP contribution is 2.29. The maximum atomic E-state index is 4.69. The van der Waals surface area contributed by atoms with E-state index < -0.39 is 0 Å². The first-order chi connectivity index (χ1) is 10.2. The van der Waals surface area contributed by atoms with Crippen LogP contribution in [0.15, 0.2) is 44.9 Å². The van der Waals surface area contributed by atoms with E-state index in [4.69, 9.17) is 0 Å². The summed E-state index contributed by atoms with van der Waals surface area (Å²) in [5, 5.41) is 5.61.